The highest BCUT2D eigenvalue weighted by molar-refractivity contribution is 5.73. The van der Waals surface area contributed by atoms with E-state index in [9.17, 15) is 4.79 Å². The maximum atomic E-state index is 10.8. The average Bonchev–Trinajstić information content (AvgIpc) is 2.19. The number of rotatable bonds is 3. The van der Waals surface area contributed by atoms with Crippen molar-refractivity contribution in [3.05, 3.63) is 23.3 Å². The van der Waals surface area contributed by atoms with E-state index in [1.165, 1.54) is 6.92 Å². The van der Waals surface area contributed by atoms with E-state index >= 15 is 0 Å². The Kier molecular flexibility index (Phi) is 3.55. The maximum Gasteiger partial charge on any atom is 0.217 e. The summed E-state index contributed by atoms with van der Waals surface area (Å²) in [4.78, 5) is 10.8. The Labute approximate surface area is 89.4 Å². The van der Waals surface area contributed by atoms with Gasteiger partial charge in [-0.15, -0.1) is 0 Å². The van der Waals surface area contributed by atoms with Crippen molar-refractivity contribution in [2.75, 3.05) is 12.8 Å². The second-order valence-corrected chi connectivity index (χ2v) is 3.43. The van der Waals surface area contributed by atoms with Crippen LogP contribution >= 0.6 is 0 Å². The lowest BCUT2D eigenvalue weighted by Crippen LogP contribution is -2.19. The number of benzene rings is 1. The summed E-state index contributed by atoms with van der Waals surface area (Å²) in [7, 11) is 1.58. The third-order valence-corrected chi connectivity index (χ3v) is 2.20. The predicted molar refractivity (Wildman–Crippen MR) is 59.7 cm³/mol. The molecule has 0 aliphatic heterocycles. The summed E-state index contributed by atoms with van der Waals surface area (Å²) < 4.78 is 5.18. The molecule has 82 valence electrons. The van der Waals surface area contributed by atoms with Gasteiger partial charge in [0.15, 0.2) is 0 Å². The van der Waals surface area contributed by atoms with Gasteiger partial charge in [0.1, 0.15) is 5.75 Å². The number of amides is 1. The van der Waals surface area contributed by atoms with Gasteiger partial charge in [0, 0.05) is 30.8 Å². The van der Waals surface area contributed by atoms with Crippen LogP contribution in [0.15, 0.2) is 12.1 Å². The molecule has 1 aromatic carbocycles. The molecule has 0 saturated heterocycles. The number of nitrogens with two attached hydrogens (primary N) is 1. The summed E-state index contributed by atoms with van der Waals surface area (Å²) in [5, 5.41) is 2.72. The fraction of sp³-hybridized carbons (Fsp3) is 0.364. The highest BCUT2D eigenvalue weighted by atomic mass is 16.5. The Bertz CT molecular complexity index is 375. The number of nitrogen functional groups attached to an aromatic ring is 1. The van der Waals surface area contributed by atoms with Crippen LogP contribution in [0, 0.1) is 6.92 Å². The highest BCUT2D eigenvalue weighted by Gasteiger charge is 2.06. The lowest BCUT2D eigenvalue weighted by atomic mass is 10.1. The van der Waals surface area contributed by atoms with Crippen LogP contribution in [0.1, 0.15) is 18.1 Å². The molecule has 15 heavy (non-hydrogen) atoms. The molecule has 0 unspecified atom stereocenters. The molecular weight excluding hydrogens is 192 g/mol. The largest absolute Gasteiger partial charge is 0.496 e. The zero-order valence-electron chi connectivity index (χ0n) is 9.26. The molecule has 4 heteroatoms. The van der Waals surface area contributed by atoms with Gasteiger partial charge < -0.3 is 15.8 Å². The smallest absolute Gasteiger partial charge is 0.217 e. The second-order valence-electron chi connectivity index (χ2n) is 3.43. The molecule has 4 nitrogen and oxygen atoms in total. The standard InChI is InChI=1S/C11H16N2O2/c1-7-4-9(6-13-8(2)14)11(15-3)5-10(7)12/h4-5H,6,12H2,1-3H3,(H,13,14). The Hall–Kier alpha value is -1.71. The molecule has 3 N–H and O–H groups in total. The van der Waals surface area contributed by atoms with Gasteiger partial charge in [-0.1, -0.05) is 0 Å². The molecule has 1 rings (SSSR count). The zero-order chi connectivity index (χ0) is 11.4. The Morgan fingerprint density at radius 2 is 2.20 bits per heavy atom. The minimum atomic E-state index is -0.0634. The van der Waals surface area contributed by atoms with Gasteiger partial charge in [-0.25, -0.2) is 0 Å². The Balaban J connectivity index is 2.94. The van der Waals surface area contributed by atoms with Crippen LogP contribution in [0.4, 0.5) is 5.69 Å². The summed E-state index contributed by atoms with van der Waals surface area (Å²) in [5.41, 5.74) is 8.36. The molecule has 0 bridgehead atoms. The quantitative estimate of drug-likeness (QED) is 0.734. The van der Waals surface area contributed by atoms with E-state index in [0.717, 1.165) is 11.1 Å². The van der Waals surface area contributed by atoms with Crippen molar-refractivity contribution in [2.45, 2.75) is 20.4 Å². The molecule has 0 radical (unpaired) electrons. The number of carbonyl (C=O) groups is 1. The Morgan fingerprint density at radius 1 is 1.53 bits per heavy atom. The minimum absolute atomic E-state index is 0.0634. The van der Waals surface area contributed by atoms with Gasteiger partial charge in [0.05, 0.1) is 7.11 Å². The van der Waals surface area contributed by atoms with Gasteiger partial charge >= 0.3 is 0 Å². The number of carbonyl (C=O) groups excluding carboxylic acids is 1. The third-order valence-electron chi connectivity index (χ3n) is 2.20. The van der Waals surface area contributed by atoms with Crippen LogP contribution in [0.25, 0.3) is 0 Å². The van der Waals surface area contributed by atoms with E-state index < -0.39 is 0 Å². The number of hydrogen-bond donors (Lipinski definition) is 2. The molecule has 0 atom stereocenters. The number of hydrogen-bond acceptors (Lipinski definition) is 3. The van der Waals surface area contributed by atoms with Crippen LogP contribution in [-0.4, -0.2) is 13.0 Å². The first-order chi connectivity index (χ1) is 7.04. The van der Waals surface area contributed by atoms with E-state index in [1.54, 1.807) is 13.2 Å². The Morgan fingerprint density at radius 3 is 2.73 bits per heavy atom. The van der Waals surface area contributed by atoms with Crippen LogP contribution in [0.3, 0.4) is 0 Å². The minimum Gasteiger partial charge on any atom is -0.496 e. The summed E-state index contributed by atoms with van der Waals surface area (Å²) in [5.74, 6) is 0.637. The van der Waals surface area contributed by atoms with E-state index in [2.05, 4.69) is 5.32 Å². The number of nitrogens with one attached hydrogen (secondary N) is 1. The van der Waals surface area contributed by atoms with Crippen LogP contribution in [0.5, 0.6) is 5.75 Å². The summed E-state index contributed by atoms with van der Waals surface area (Å²) in [6.45, 7) is 3.86. The summed E-state index contributed by atoms with van der Waals surface area (Å²) >= 11 is 0. The lowest BCUT2D eigenvalue weighted by Gasteiger charge is -2.11. The van der Waals surface area contributed by atoms with Gasteiger partial charge in [-0.3, -0.25) is 4.79 Å². The molecule has 1 aromatic rings. The van der Waals surface area contributed by atoms with Crippen molar-refractivity contribution >= 4 is 11.6 Å². The first-order valence-corrected chi connectivity index (χ1v) is 4.72. The van der Waals surface area contributed by atoms with Gasteiger partial charge in [0.2, 0.25) is 5.91 Å². The normalized spacial score (nSPS) is 9.80. The third kappa shape index (κ3) is 2.87. The molecule has 0 aliphatic rings. The van der Waals surface area contributed by atoms with Gasteiger partial charge in [-0.2, -0.15) is 0 Å². The van der Waals surface area contributed by atoms with E-state index in [0.29, 0.717) is 18.0 Å². The first-order valence-electron chi connectivity index (χ1n) is 4.72. The molecular formula is C11H16N2O2. The van der Waals surface area contributed by atoms with Crippen LogP contribution < -0.4 is 15.8 Å². The predicted octanol–water partition coefficient (Wildman–Crippen LogP) is 1.22. The van der Waals surface area contributed by atoms with Gasteiger partial charge in [-0.05, 0) is 18.6 Å². The SMILES string of the molecule is COc1cc(N)c(C)cc1CNC(C)=O. The fourth-order valence-electron chi connectivity index (χ4n) is 1.31. The molecule has 0 heterocycles. The number of anilines is 1. The molecule has 0 aromatic heterocycles. The van der Waals surface area contributed by atoms with E-state index in [-0.39, 0.29) is 5.91 Å². The van der Waals surface area contributed by atoms with Crippen molar-refractivity contribution in [1.29, 1.82) is 0 Å². The van der Waals surface area contributed by atoms with Crippen molar-refractivity contribution < 1.29 is 9.53 Å². The van der Waals surface area contributed by atoms with Crippen LogP contribution in [0.2, 0.25) is 0 Å². The molecule has 1 amide bonds. The highest BCUT2D eigenvalue weighted by Crippen LogP contribution is 2.24. The molecule has 0 aliphatic carbocycles. The van der Waals surface area contributed by atoms with Crippen LogP contribution in [-0.2, 0) is 11.3 Å². The van der Waals surface area contributed by atoms with Crippen molar-refractivity contribution in [3.8, 4) is 5.75 Å². The number of methoxy groups -OCH3 is 1. The average molecular weight is 208 g/mol. The topological polar surface area (TPSA) is 64.3 Å². The number of aryl methyl sites for hydroxylation is 1. The second kappa shape index (κ2) is 4.68. The van der Waals surface area contributed by atoms with E-state index in [4.69, 9.17) is 10.5 Å². The van der Waals surface area contributed by atoms with Crippen molar-refractivity contribution in [2.24, 2.45) is 0 Å². The van der Waals surface area contributed by atoms with Crippen molar-refractivity contribution in [3.63, 3.8) is 0 Å². The van der Waals surface area contributed by atoms with Crippen molar-refractivity contribution in [1.82, 2.24) is 5.32 Å². The van der Waals surface area contributed by atoms with Gasteiger partial charge in [0.25, 0.3) is 0 Å². The summed E-state index contributed by atoms with van der Waals surface area (Å²) in [6.07, 6.45) is 0. The summed E-state index contributed by atoms with van der Waals surface area (Å²) in [6, 6.07) is 3.69. The monoisotopic (exact) mass is 208 g/mol. The lowest BCUT2D eigenvalue weighted by molar-refractivity contribution is -0.119. The van der Waals surface area contributed by atoms with E-state index in [1.807, 2.05) is 13.0 Å². The zero-order valence-corrected chi connectivity index (χ0v) is 9.26. The molecule has 0 fully saturated rings. The first kappa shape index (κ1) is 11.4. The number of ether oxygens (including phenoxy) is 1. The molecule has 0 spiro atoms. The fourth-order valence-corrected chi connectivity index (χ4v) is 1.31. The molecule has 0 saturated carbocycles. The maximum absolute atomic E-state index is 10.8.